The van der Waals surface area contributed by atoms with Crippen LogP contribution in [0.5, 0.6) is 0 Å². The van der Waals surface area contributed by atoms with Gasteiger partial charge in [-0.05, 0) is 18.9 Å². The molecular weight excluding hydrogens is 242 g/mol. The molecule has 6 heteroatoms. The first-order valence-corrected chi connectivity index (χ1v) is 6.78. The summed E-state index contributed by atoms with van der Waals surface area (Å²) in [7, 11) is 0. The summed E-state index contributed by atoms with van der Waals surface area (Å²) in [5.74, 6) is 0.653. The van der Waals surface area contributed by atoms with Crippen LogP contribution in [-0.4, -0.2) is 34.1 Å². The van der Waals surface area contributed by atoms with Crippen molar-refractivity contribution in [3.05, 3.63) is 18.0 Å². The zero-order valence-corrected chi connectivity index (χ0v) is 11.7. The zero-order valence-electron chi connectivity index (χ0n) is 11.7. The van der Waals surface area contributed by atoms with Crippen molar-refractivity contribution >= 4 is 11.8 Å². The first-order chi connectivity index (χ1) is 9.22. The smallest absolute Gasteiger partial charge is 0.225 e. The number of nitrogens with zero attached hydrogens (tertiary/aromatic N) is 4. The van der Waals surface area contributed by atoms with Crippen LogP contribution in [0.4, 0.5) is 5.95 Å². The highest BCUT2D eigenvalue weighted by molar-refractivity contribution is 5.95. The van der Waals surface area contributed by atoms with Gasteiger partial charge in [-0.3, -0.25) is 0 Å². The molecule has 106 valence electrons. The fourth-order valence-corrected chi connectivity index (χ4v) is 1.70. The highest BCUT2D eigenvalue weighted by Crippen LogP contribution is 2.10. The van der Waals surface area contributed by atoms with Gasteiger partial charge in [-0.1, -0.05) is 31.8 Å². The first kappa shape index (κ1) is 15.2. The standard InChI is InChI=1S/C13H23N5O/c1-3-5-9-18(10-6-4-2)13-15-8-7-11(16-13)12(14)17-19/h7-8,19H,3-6,9-10H2,1-2H3,(H2,14,17). The Bertz CT molecular complexity index is 400. The number of anilines is 1. The van der Waals surface area contributed by atoms with Gasteiger partial charge in [-0.2, -0.15) is 0 Å². The summed E-state index contributed by atoms with van der Waals surface area (Å²) >= 11 is 0. The summed E-state index contributed by atoms with van der Waals surface area (Å²) in [6.45, 7) is 6.17. The molecule has 0 saturated heterocycles. The van der Waals surface area contributed by atoms with Crippen LogP contribution in [0, 0.1) is 0 Å². The number of hydrogen-bond acceptors (Lipinski definition) is 5. The van der Waals surface area contributed by atoms with Crippen molar-refractivity contribution in [3.63, 3.8) is 0 Å². The van der Waals surface area contributed by atoms with Crippen molar-refractivity contribution in [3.8, 4) is 0 Å². The van der Waals surface area contributed by atoms with Crippen molar-refractivity contribution in [2.75, 3.05) is 18.0 Å². The number of nitrogens with two attached hydrogens (primary N) is 1. The summed E-state index contributed by atoms with van der Waals surface area (Å²) in [6.07, 6.45) is 6.09. The molecule has 0 fully saturated rings. The Morgan fingerprint density at radius 1 is 1.32 bits per heavy atom. The van der Waals surface area contributed by atoms with Gasteiger partial charge in [0.2, 0.25) is 5.95 Å². The van der Waals surface area contributed by atoms with Gasteiger partial charge in [0.1, 0.15) is 5.69 Å². The Balaban J connectivity index is 2.87. The molecule has 0 atom stereocenters. The van der Waals surface area contributed by atoms with Gasteiger partial charge in [-0.15, -0.1) is 0 Å². The van der Waals surface area contributed by atoms with Crippen LogP contribution in [0.25, 0.3) is 0 Å². The fourth-order valence-electron chi connectivity index (χ4n) is 1.70. The Morgan fingerprint density at radius 2 is 1.95 bits per heavy atom. The van der Waals surface area contributed by atoms with Crippen molar-refractivity contribution in [1.29, 1.82) is 0 Å². The number of unbranched alkanes of at least 4 members (excludes halogenated alkanes) is 2. The number of rotatable bonds is 8. The Kier molecular flexibility index (Phi) is 6.63. The van der Waals surface area contributed by atoms with Crippen molar-refractivity contribution in [2.24, 2.45) is 10.9 Å². The van der Waals surface area contributed by atoms with Gasteiger partial charge < -0.3 is 15.8 Å². The molecule has 0 spiro atoms. The third kappa shape index (κ3) is 4.73. The number of aromatic nitrogens is 2. The third-order valence-corrected chi connectivity index (χ3v) is 2.86. The second kappa shape index (κ2) is 8.29. The molecule has 6 nitrogen and oxygen atoms in total. The molecule has 3 N–H and O–H groups in total. The SMILES string of the molecule is CCCCN(CCCC)c1nccc(/C(N)=N/O)n1. The van der Waals surface area contributed by atoms with E-state index in [1.54, 1.807) is 12.3 Å². The van der Waals surface area contributed by atoms with Gasteiger partial charge >= 0.3 is 0 Å². The summed E-state index contributed by atoms with van der Waals surface area (Å²) in [5.41, 5.74) is 6.00. The van der Waals surface area contributed by atoms with E-state index in [0.29, 0.717) is 11.6 Å². The number of amidine groups is 1. The maximum atomic E-state index is 8.69. The molecule has 0 radical (unpaired) electrons. The van der Waals surface area contributed by atoms with Gasteiger partial charge in [0.15, 0.2) is 5.84 Å². The molecule has 0 unspecified atom stereocenters. The molecule has 0 amide bonds. The second-order valence-corrected chi connectivity index (χ2v) is 4.42. The van der Waals surface area contributed by atoms with E-state index in [1.807, 2.05) is 0 Å². The Labute approximate surface area is 114 Å². The van der Waals surface area contributed by atoms with Gasteiger partial charge in [-0.25, -0.2) is 9.97 Å². The molecule has 1 rings (SSSR count). The third-order valence-electron chi connectivity index (χ3n) is 2.86. The molecule has 0 aliphatic rings. The minimum atomic E-state index is 0.00887. The molecule has 0 aliphatic carbocycles. The van der Waals surface area contributed by atoms with Crippen molar-refractivity contribution in [1.82, 2.24) is 9.97 Å². The largest absolute Gasteiger partial charge is 0.409 e. The maximum absolute atomic E-state index is 8.69. The van der Waals surface area contributed by atoms with Gasteiger partial charge in [0, 0.05) is 19.3 Å². The summed E-state index contributed by atoms with van der Waals surface area (Å²) in [6, 6.07) is 1.64. The van der Waals surface area contributed by atoms with E-state index in [1.165, 1.54) is 0 Å². The van der Waals surface area contributed by atoms with Crippen LogP contribution in [0.3, 0.4) is 0 Å². The van der Waals surface area contributed by atoms with Gasteiger partial charge in [0.05, 0.1) is 0 Å². The highest BCUT2D eigenvalue weighted by atomic mass is 16.4. The van der Waals surface area contributed by atoms with E-state index in [0.717, 1.165) is 38.8 Å². The van der Waals surface area contributed by atoms with E-state index < -0.39 is 0 Å². The number of hydrogen-bond donors (Lipinski definition) is 2. The van der Waals surface area contributed by atoms with E-state index in [9.17, 15) is 0 Å². The summed E-state index contributed by atoms with van der Waals surface area (Å²) in [5, 5.41) is 11.7. The first-order valence-electron chi connectivity index (χ1n) is 6.78. The molecule has 0 aromatic carbocycles. The van der Waals surface area contributed by atoms with Crippen LogP contribution < -0.4 is 10.6 Å². The molecule has 19 heavy (non-hydrogen) atoms. The van der Waals surface area contributed by atoms with E-state index >= 15 is 0 Å². The quantitative estimate of drug-likeness (QED) is 0.325. The van der Waals surface area contributed by atoms with Crippen LogP contribution in [-0.2, 0) is 0 Å². The van der Waals surface area contributed by atoms with Crippen LogP contribution in [0.15, 0.2) is 17.4 Å². The predicted octanol–water partition coefficient (Wildman–Crippen LogP) is 1.98. The highest BCUT2D eigenvalue weighted by Gasteiger charge is 2.10. The van der Waals surface area contributed by atoms with Crippen molar-refractivity contribution < 1.29 is 5.21 Å². The second-order valence-electron chi connectivity index (χ2n) is 4.42. The van der Waals surface area contributed by atoms with Crippen molar-refractivity contribution in [2.45, 2.75) is 39.5 Å². The maximum Gasteiger partial charge on any atom is 0.225 e. The minimum absolute atomic E-state index is 0.00887. The van der Waals surface area contributed by atoms with E-state index in [2.05, 4.69) is 33.9 Å². The van der Waals surface area contributed by atoms with Crippen LogP contribution in [0.2, 0.25) is 0 Å². The lowest BCUT2D eigenvalue weighted by molar-refractivity contribution is 0.318. The predicted molar refractivity (Wildman–Crippen MR) is 76.6 cm³/mol. The van der Waals surface area contributed by atoms with Gasteiger partial charge in [0.25, 0.3) is 0 Å². The lowest BCUT2D eigenvalue weighted by Gasteiger charge is -2.22. The topological polar surface area (TPSA) is 87.6 Å². The lowest BCUT2D eigenvalue weighted by Crippen LogP contribution is -2.28. The van der Waals surface area contributed by atoms with Crippen LogP contribution in [0.1, 0.15) is 45.2 Å². The lowest BCUT2D eigenvalue weighted by atomic mass is 10.3. The average Bonchev–Trinajstić information content (AvgIpc) is 2.46. The van der Waals surface area contributed by atoms with E-state index in [-0.39, 0.29) is 5.84 Å². The summed E-state index contributed by atoms with van der Waals surface area (Å²) in [4.78, 5) is 10.8. The number of oxime groups is 1. The molecule has 1 heterocycles. The Hall–Kier alpha value is -1.85. The summed E-state index contributed by atoms with van der Waals surface area (Å²) < 4.78 is 0. The fraction of sp³-hybridized carbons (Fsp3) is 0.615. The van der Waals surface area contributed by atoms with Crippen LogP contribution >= 0.6 is 0 Å². The molecule has 1 aromatic heterocycles. The molecule has 0 aliphatic heterocycles. The zero-order chi connectivity index (χ0) is 14.1. The Morgan fingerprint density at radius 3 is 2.47 bits per heavy atom. The minimum Gasteiger partial charge on any atom is -0.409 e. The molecule has 1 aromatic rings. The molecule has 0 bridgehead atoms. The molecular formula is C13H23N5O. The average molecular weight is 265 g/mol. The molecule has 0 saturated carbocycles. The monoisotopic (exact) mass is 265 g/mol. The normalized spacial score (nSPS) is 11.6. The van der Waals surface area contributed by atoms with E-state index in [4.69, 9.17) is 10.9 Å².